The van der Waals surface area contributed by atoms with Gasteiger partial charge in [-0.2, -0.15) is 0 Å². The summed E-state index contributed by atoms with van der Waals surface area (Å²) >= 11 is 0. The van der Waals surface area contributed by atoms with Gasteiger partial charge in [0.2, 0.25) is 0 Å². The second-order valence-electron chi connectivity index (χ2n) is 3.13. The molecule has 0 aromatic carbocycles. The van der Waals surface area contributed by atoms with Crippen LogP contribution in [0, 0.1) is 0 Å². The Hall–Kier alpha value is -0.185. The first-order valence-corrected chi connectivity index (χ1v) is 3.06. The maximum absolute atomic E-state index is 11.5. The molecule has 0 N–H and O–H groups in total. The van der Waals surface area contributed by atoms with Crippen molar-refractivity contribution in [3.05, 3.63) is 0 Å². The first-order chi connectivity index (χ1) is 4.21. The van der Waals surface area contributed by atoms with Gasteiger partial charge in [0.05, 0.1) is 5.60 Å². The van der Waals surface area contributed by atoms with E-state index < -0.39 is 19.1 Å². The normalized spacial score (nSPS) is 13.8. The van der Waals surface area contributed by atoms with E-state index in [0.29, 0.717) is 0 Å². The van der Waals surface area contributed by atoms with Crippen LogP contribution >= 0.6 is 0 Å². The highest BCUT2D eigenvalue weighted by molar-refractivity contribution is 6.58. The van der Waals surface area contributed by atoms with Crippen LogP contribution in [0.2, 0.25) is 0 Å². The largest absolute Gasteiger partial charge is 0.503 e. The monoisotopic (exact) mass is 155 g/mol. The molecule has 0 radical (unpaired) electrons. The number of rotatable bonds is 2. The number of hydrogen-bond acceptors (Lipinski definition) is 1. The van der Waals surface area contributed by atoms with Gasteiger partial charge in [-0.1, -0.05) is 0 Å². The zero-order chi connectivity index (χ0) is 8.41. The maximum atomic E-state index is 11.5. The first-order valence-electron chi connectivity index (χ1n) is 3.06. The van der Waals surface area contributed by atoms with E-state index in [-0.39, 0.29) is 0 Å². The van der Waals surface area contributed by atoms with E-state index >= 15 is 0 Å². The van der Waals surface area contributed by atoms with Crippen molar-refractivity contribution >= 4 is 6.98 Å². The van der Waals surface area contributed by atoms with Gasteiger partial charge >= 0.3 is 6.98 Å². The smallest absolute Gasteiger partial charge is 0.447 e. The quantitative estimate of drug-likeness (QED) is 0.555. The molecule has 0 atom stereocenters. The minimum Gasteiger partial charge on any atom is -0.447 e. The van der Waals surface area contributed by atoms with Crippen LogP contribution in [-0.4, -0.2) is 19.1 Å². The molecule has 0 aromatic heterocycles. The fraction of sp³-hybridized carbons (Fsp3) is 1.00. The summed E-state index contributed by atoms with van der Waals surface area (Å²) in [6.45, 7) is -1.12. The molecule has 0 aliphatic carbocycles. The van der Waals surface area contributed by atoms with Crippen molar-refractivity contribution in [1.29, 1.82) is 0 Å². The SMILES string of the molecule is CC(C)(C)OC[B-](F)(F)F. The summed E-state index contributed by atoms with van der Waals surface area (Å²) < 4.78 is 39.1. The standard InChI is InChI=1S/C5H11BF3O/c1-5(2,3)10-4-6(7,8)9/h4H2,1-3H3/q-1. The third-order valence-corrected chi connectivity index (χ3v) is 0.705. The lowest BCUT2D eigenvalue weighted by Crippen LogP contribution is -2.31. The molecule has 0 amide bonds. The minimum absolute atomic E-state index is 0.697. The molecule has 0 aliphatic heterocycles. The maximum Gasteiger partial charge on any atom is 0.503 e. The van der Waals surface area contributed by atoms with Gasteiger partial charge in [0, 0.05) is 6.51 Å². The van der Waals surface area contributed by atoms with E-state index in [4.69, 9.17) is 0 Å². The van der Waals surface area contributed by atoms with Crippen LogP contribution in [0.15, 0.2) is 0 Å². The van der Waals surface area contributed by atoms with Crippen molar-refractivity contribution < 1.29 is 17.7 Å². The molecule has 0 bridgehead atoms. The molecule has 62 valence electrons. The Morgan fingerprint density at radius 2 is 1.60 bits per heavy atom. The van der Waals surface area contributed by atoms with Gasteiger partial charge in [0.15, 0.2) is 0 Å². The lowest BCUT2D eigenvalue weighted by atomic mass is 9.94. The van der Waals surface area contributed by atoms with Crippen molar-refractivity contribution in [2.45, 2.75) is 26.4 Å². The average Bonchev–Trinajstić information content (AvgIpc) is 1.57. The van der Waals surface area contributed by atoms with Gasteiger partial charge in [0.25, 0.3) is 0 Å². The predicted octanol–water partition coefficient (Wildman–Crippen LogP) is 2.19. The topological polar surface area (TPSA) is 9.23 Å². The van der Waals surface area contributed by atoms with Crippen LogP contribution in [0.3, 0.4) is 0 Å². The highest BCUT2D eigenvalue weighted by atomic mass is 19.4. The van der Waals surface area contributed by atoms with Gasteiger partial charge in [-0.05, 0) is 20.8 Å². The third kappa shape index (κ3) is 7.81. The van der Waals surface area contributed by atoms with E-state index in [1.165, 1.54) is 0 Å². The van der Waals surface area contributed by atoms with Crippen LogP contribution in [0.1, 0.15) is 20.8 Å². The Morgan fingerprint density at radius 1 is 1.20 bits per heavy atom. The third-order valence-electron chi connectivity index (χ3n) is 0.705. The molecule has 1 nitrogen and oxygen atoms in total. The molecular weight excluding hydrogens is 144 g/mol. The second-order valence-corrected chi connectivity index (χ2v) is 3.13. The Labute approximate surface area is 58.6 Å². The van der Waals surface area contributed by atoms with Crippen molar-refractivity contribution in [2.75, 3.05) is 6.51 Å². The molecule has 0 aromatic rings. The van der Waals surface area contributed by atoms with Crippen molar-refractivity contribution in [3.63, 3.8) is 0 Å². The summed E-state index contributed by atoms with van der Waals surface area (Å²) in [5, 5.41) is 0. The molecule has 0 rings (SSSR count). The Morgan fingerprint density at radius 3 is 1.70 bits per heavy atom. The summed E-state index contributed by atoms with van der Waals surface area (Å²) in [5.74, 6) is 0. The first kappa shape index (κ1) is 9.81. The number of hydrogen-bond donors (Lipinski definition) is 0. The zero-order valence-electron chi connectivity index (χ0n) is 6.33. The lowest BCUT2D eigenvalue weighted by Gasteiger charge is -2.24. The predicted molar refractivity (Wildman–Crippen MR) is 34.8 cm³/mol. The van der Waals surface area contributed by atoms with E-state index in [0.717, 1.165) is 0 Å². The van der Waals surface area contributed by atoms with E-state index in [1.807, 2.05) is 0 Å². The number of halogens is 3. The minimum atomic E-state index is -4.79. The molecule has 0 saturated carbocycles. The highest BCUT2D eigenvalue weighted by Crippen LogP contribution is 2.14. The van der Waals surface area contributed by atoms with Crippen LogP contribution in [0.25, 0.3) is 0 Å². The van der Waals surface area contributed by atoms with Crippen LogP contribution < -0.4 is 0 Å². The molecule has 0 fully saturated rings. The molecule has 0 unspecified atom stereocenters. The summed E-state index contributed by atoms with van der Waals surface area (Å²) in [6.07, 6.45) is 0. The molecule has 0 aliphatic rings. The molecular formula is C5H11BF3O-. The van der Waals surface area contributed by atoms with E-state index in [2.05, 4.69) is 4.74 Å². The summed E-state index contributed by atoms with van der Waals surface area (Å²) in [4.78, 5) is 0. The zero-order valence-corrected chi connectivity index (χ0v) is 6.33. The summed E-state index contributed by atoms with van der Waals surface area (Å²) in [5.41, 5.74) is -0.697. The van der Waals surface area contributed by atoms with Crippen molar-refractivity contribution in [3.8, 4) is 0 Å². The van der Waals surface area contributed by atoms with Gasteiger partial charge in [0.1, 0.15) is 0 Å². The van der Waals surface area contributed by atoms with Crippen molar-refractivity contribution in [2.24, 2.45) is 0 Å². The van der Waals surface area contributed by atoms with Gasteiger partial charge in [-0.25, -0.2) is 0 Å². The summed E-state index contributed by atoms with van der Waals surface area (Å²) in [6, 6.07) is 0. The second kappa shape index (κ2) is 2.82. The van der Waals surface area contributed by atoms with Crippen LogP contribution in [0.5, 0.6) is 0 Å². The fourth-order valence-corrected chi connectivity index (χ4v) is 0.344. The molecule has 10 heavy (non-hydrogen) atoms. The van der Waals surface area contributed by atoms with Crippen LogP contribution in [0.4, 0.5) is 12.9 Å². The summed E-state index contributed by atoms with van der Waals surface area (Å²) in [7, 11) is 0. The van der Waals surface area contributed by atoms with E-state index in [1.54, 1.807) is 20.8 Å². The van der Waals surface area contributed by atoms with Crippen LogP contribution in [-0.2, 0) is 4.74 Å². The Bertz CT molecular complexity index is 90.4. The number of ether oxygens (including phenoxy) is 1. The lowest BCUT2D eigenvalue weighted by molar-refractivity contribution is 0.0116. The highest BCUT2D eigenvalue weighted by Gasteiger charge is 2.25. The van der Waals surface area contributed by atoms with Gasteiger partial charge in [-0.3, -0.25) is 0 Å². The average molecular weight is 155 g/mol. The Balaban J connectivity index is 3.56. The molecule has 0 spiro atoms. The van der Waals surface area contributed by atoms with E-state index in [9.17, 15) is 12.9 Å². The molecule has 0 heterocycles. The van der Waals surface area contributed by atoms with Gasteiger partial charge in [-0.15, -0.1) is 0 Å². The van der Waals surface area contributed by atoms with Gasteiger partial charge < -0.3 is 17.7 Å². The molecule has 0 saturated heterocycles. The Kier molecular flexibility index (Phi) is 2.77. The fourth-order valence-electron chi connectivity index (χ4n) is 0.344. The van der Waals surface area contributed by atoms with Crippen molar-refractivity contribution in [1.82, 2.24) is 0 Å². The molecule has 5 heteroatoms.